The summed E-state index contributed by atoms with van der Waals surface area (Å²) in [4.78, 5) is 12.1. The number of thioether (sulfide) groups is 1. The van der Waals surface area contributed by atoms with Crippen LogP contribution in [0.4, 0.5) is 24.5 Å². The standard InChI is InChI=1S/C12H10F3N3OS/c13-12(14,15)6-1-2-10(8(16)3-6)18-11(19)7-4-20-5-9(7)17-18/h1-3,7H,4-5,16H2. The monoisotopic (exact) mass is 301 g/mol. The van der Waals surface area contributed by atoms with Crippen molar-refractivity contribution in [1.29, 1.82) is 0 Å². The molecule has 1 aromatic carbocycles. The maximum atomic E-state index is 12.6. The average Bonchev–Trinajstić information content (AvgIpc) is 2.92. The summed E-state index contributed by atoms with van der Waals surface area (Å²) in [5, 5.41) is 5.29. The molecule has 1 aromatic rings. The molecule has 4 nitrogen and oxygen atoms in total. The number of hydrogen-bond donors (Lipinski definition) is 1. The second kappa shape index (κ2) is 4.41. The molecule has 0 bridgehead atoms. The predicted octanol–water partition coefficient (Wildman–Crippen LogP) is 2.35. The zero-order chi connectivity index (χ0) is 14.5. The molecule has 106 valence electrons. The molecule has 1 unspecified atom stereocenters. The van der Waals surface area contributed by atoms with E-state index in [-0.39, 0.29) is 23.2 Å². The quantitative estimate of drug-likeness (QED) is 0.810. The van der Waals surface area contributed by atoms with Crippen LogP contribution in [0.1, 0.15) is 5.56 Å². The molecule has 2 N–H and O–H groups in total. The molecule has 3 rings (SSSR count). The van der Waals surface area contributed by atoms with Gasteiger partial charge in [0.2, 0.25) is 0 Å². The first-order valence-corrected chi connectivity index (χ1v) is 6.99. The number of hydrogen-bond acceptors (Lipinski definition) is 4. The van der Waals surface area contributed by atoms with E-state index in [9.17, 15) is 18.0 Å². The van der Waals surface area contributed by atoms with Gasteiger partial charge < -0.3 is 5.73 Å². The molecule has 0 spiro atoms. The van der Waals surface area contributed by atoms with Gasteiger partial charge in [-0.1, -0.05) is 0 Å². The summed E-state index contributed by atoms with van der Waals surface area (Å²) in [6.45, 7) is 0. The number of nitrogen functional groups attached to an aromatic ring is 1. The molecule has 2 aliphatic rings. The summed E-state index contributed by atoms with van der Waals surface area (Å²) in [7, 11) is 0. The number of amides is 1. The van der Waals surface area contributed by atoms with Crippen LogP contribution in [-0.4, -0.2) is 23.1 Å². The molecule has 20 heavy (non-hydrogen) atoms. The summed E-state index contributed by atoms with van der Waals surface area (Å²) < 4.78 is 37.7. The number of rotatable bonds is 1. The third-order valence-corrected chi connectivity index (χ3v) is 4.32. The predicted molar refractivity (Wildman–Crippen MR) is 71.6 cm³/mol. The number of hydrazone groups is 1. The van der Waals surface area contributed by atoms with Crippen molar-refractivity contribution in [2.75, 3.05) is 22.2 Å². The van der Waals surface area contributed by atoms with Gasteiger partial charge in [-0.3, -0.25) is 4.79 Å². The Kier molecular flexibility index (Phi) is 2.93. The molecular weight excluding hydrogens is 291 g/mol. The van der Waals surface area contributed by atoms with E-state index in [0.29, 0.717) is 11.5 Å². The number of fused-ring (bicyclic) bond motifs is 1. The molecule has 1 atom stereocenters. The van der Waals surface area contributed by atoms with Crippen LogP contribution in [0.2, 0.25) is 0 Å². The lowest BCUT2D eigenvalue weighted by molar-refractivity contribution is -0.137. The third-order valence-electron chi connectivity index (χ3n) is 3.26. The minimum Gasteiger partial charge on any atom is -0.397 e. The van der Waals surface area contributed by atoms with Crippen molar-refractivity contribution >= 4 is 34.8 Å². The van der Waals surface area contributed by atoms with Crippen LogP contribution < -0.4 is 10.7 Å². The Morgan fingerprint density at radius 3 is 2.75 bits per heavy atom. The minimum absolute atomic E-state index is 0.106. The van der Waals surface area contributed by atoms with Gasteiger partial charge in [0.1, 0.15) is 0 Å². The van der Waals surface area contributed by atoms with E-state index in [1.165, 1.54) is 6.07 Å². The first-order valence-electron chi connectivity index (χ1n) is 5.84. The smallest absolute Gasteiger partial charge is 0.397 e. The van der Waals surface area contributed by atoms with Crippen molar-refractivity contribution in [2.24, 2.45) is 11.0 Å². The molecular formula is C12H10F3N3OS. The summed E-state index contributed by atoms with van der Waals surface area (Å²) in [6, 6.07) is 2.92. The second-order valence-corrected chi connectivity index (χ2v) is 5.61. The Hall–Kier alpha value is -1.70. The normalized spacial score (nSPS) is 22.1. The van der Waals surface area contributed by atoms with Crippen LogP contribution in [0.15, 0.2) is 23.3 Å². The first kappa shape index (κ1) is 13.3. The number of carbonyl (C=O) groups excluding carboxylic acids is 1. The van der Waals surface area contributed by atoms with Gasteiger partial charge in [-0.05, 0) is 18.2 Å². The first-order chi connectivity index (χ1) is 9.38. The number of nitrogens with zero attached hydrogens (tertiary/aromatic N) is 2. The van der Waals surface area contributed by atoms with Gasteiger partial charge in [0.25, 0.3) is 5.91 Å². The highest BCUT2D eigenvalue weighted by molar-refractivity contribution is 8.00. The number of benzene rings is 1. The SMILES string of the molecule is Nc1cc(C(F)(F)F)ccc1N1N=C2CSCC2C1=O. The van der Waals surface area contributed by atoms with Crippen LogP contribution >= 0.6 is 11.8 Å². The van der Waals surface area contributed by atoms with E-state index in [2.05, 4.69) is 5.10 Å². The van der Waals surface area contributed by atoms with Crippen molar-refractivity contribution in [3.8, 4) is 0 Å². The number of halogens is 3. The van der Waals surface area contributed by atoms with Crippen molar-refractivity contribution in [1.82, 2.24) is 0 Å². The summed E-state index contributed by atoms with van der Waals surface area (Å²) in [5.74, 6) is 0.848. The highest BCUT2D eigenvalue weighted by atomic mass is 32.2. The van der Waals surface area contributed by atoms with Gasteiger partial charge >= 0.3 is 6.18 Å². The summed E-state index contributed by atoms with van der Waals surface area (Å²) in [6.07, 6.45) is -4.46. The van der Waals surface area contributed by atoms with Crippen molar-refractivity contribution in [3.63, 3.8) is 0 Å². The minimum atomic E-state index is -4.46. The van der Waals surface area contributed by atoms with Gasteiger partial charge in [-0.25, -0.2) is 0 Å². The second-order valence-electron chi connectivity index (χ2n) is 4.58. The van der Waals surface area contributed by atoms with E-state index < -0.39 is 11.7 Å². The van der Waals surface area contributed by atoms with E-state index in [1.54, 1.807) is 11.8 Å². The van der Waals surface area contributed by atoms with E-state index in [1.807, 2.05) is 0 Å². The van der Waals surface area contributed by atoms with Gasteiger partial charge in [0.15, 0.2) is 0 Å². The van der Waals surface area contributed by atoms with Crippen LogP contribution in [0, 0.1) is 5.92 Å². The van der Waals surface area contributed by atoms with Crippen LogP contribution in [0.25, 0.3) is 0 Å². The van der Waals surface area contributed by atoms with E-state index >= 15 is 0 Å². The van der Waals surface area contributed by atoms with Gasteiger partial charge in [-0.2, -0.15) is 35.0 Å². The molecule has 1 fully saturated rings. The van der Waals surface area contributed by atoms with Crippen LogP contribution in [0.3, 0.4) is 0 Å². The topological polar surface area (TPSA) is 58.7 Å². The molecule has 0 aromatic heterocycles. The van der Waals surface area contributed by atoms with Crippen LogP contribution in [0.5, 0.6) is 0 Å². The van der Waals surface area contributed by atoms with Gasteiger partial charge in [-0.15, -0.1) is 0 Å². The van der Waals surface area contributed by atoms with Gasteiger partial charge in [0.05, 0.1) is 28.6 Å². The molecule has 2 heterocycles. The lowest BCUT2D eigenvalue weighted by Gasteiger charge is -2.17. The van der Waals surface area contributed by atoms with Crippen molar-refractivity contribution in [2.45, 2.75) is 6.18 Å². The zero-order valence-corrected chi connectivity index (χ0v) is 11.0. The molecule has 1 amide bonds. The summed E-state index contributed by atoms with van der Waals surface area (Å²) in [5.41, 5.74) is 5.66. The molecule has 1 saturated heterocycles. The number of carbonyl (C=O) groups is 1. The molecule has 0 radical (unpaired) electrons. The molecule has 8 heteroatoms. The fourth-order valence-electron chi connectivity index (χ4n) is 2.21. The Balaban J connectivity index is 1.96. The third kappa shape index (κ3) is 2.04. The molecule has 2 aliphatic heterocycles. The molecule has 0 aliphatic carbocycles. The fourth-order valence-corrected chi connectivity index (χ4v) is 3.37. The fraction of sp³-hybridized carbons (Fsp3) is 0.333. The average molecular weight is 301 g/mol. The highest BCUT2D eigenvalue weighted by Crippen LogP contribution is 2.37. The number of nitrogens with two attached hydrogens (primary N) is 1. The maximum absolute atomic E-state index is 12.6. The van der Waals surface area contributed by atoms with Crippen molar-refractivity contribution < 1.29 is 18.0 Å². The Bertz CT molecular complexity index is 614. The van der Waals surface area contributed by atoms with Crippen LogP contribution in [-0.2, 0) is 11.0 Å². The van der Waals surface area contributed by atoms with Crippen molar-refractivity contribution in [3.05, 3.63) is 23.8 Å². The zero-order valence-electron chi connectivity index (χ0n) is 10.1. The maximum Gasteiger partial charge on any atom is 0.416 e. The summed E-state index contributed by atoms with van der Waals surface area (Å²) >= 11 is 1.62. The number of alkyl halides is 3. The molecule has 0 saturated carbocycles. The lowest BCUT2D eigenvalue weighted by Crippen LogP contribution is -2.27. The van der Waals surface area contributed by atoms with Gasteiger partial charge in [0, 0.05) is 11.5 Å². The Morgan fingerprint density at radius 2 is 2.15 bits per heavy atom. The van der Waals surface area contributed by atoms with E-state index in [0.717, 1.165) is 22.9 Å². The van der Waals surface area contributed by atoms with E-state index in [4.69, 9.17) is 5.73 Å². The lowest BCUT2D eigenvalue weighted by atomic mass is 10.1. The largest absolute Gasteiger partial charge is 0.416 e. The highest BCUT2D eigenvalue weighted by Gasteiger charge is 2.40. The Morgan fingerprint density at radius 1 is 1.40 bits per heavy atom. The number of anilines is 2. The Labute approximate surface area is 116 Å².